The average Bonchev–Trinajstić information content (AvgIpc) is 2.68. The van der Waals surface area contributed by atoms with E-state index in [4.69, 9.17) is 0 Å². The smallest absolute Gasteiger partial charge is 0.236 e. The molecule has 0 spiro atoms. The monoisotopic (exact) mass is 362 g/mol. The standard InChI is InChI=1S/C18H26N4O2S/c1-14(25-18-19-8-5-9-20-18)16(23)21-10-12-22(13-11-21)17(24)15-6-3-2-4-7-15/h5,8-9,14-15H,2-4,6-7,10-13H2,1H3. The molecule has 136 valence electrons. The lowest BCUT2D eigenvalue weighted by Crippen LogP contribution is -2.53. The fourth-order valence-corrected chi connectivity index (χ4v) is 4.38. The SMILES string of the molecule is CC(Sc1ncccn1)C(=O)N1CCN(C(=O)C2CCCCC2)CC1. The van der Waals surface area contributed by atoms with E-state index in [0.29, 0.717) is 37.2 Å². The van der Waals surface area contributed by atoms with Crippen LogP contribution in [0.3, 0.4) is 0 Å². The van der Waals surface area contributed by atoms with Crippen molar-refractivity contribution < 1.29 is 9.59 Å². The van der Waals surface area contributed by atoms with Crippen LogP contribution >= 0.6 is 11.8 Å². The highest BCUT2D eigenvalue weighted by Crippen LogP contribution is 2.26. The van der Waals surface area contributed by atoms with Gasteiger partial charge in [0.1, 0.15) is 0 Å². The van der Waals surface area contributed by atoms with Crippen LogP contribution in [0.2, 0.25) is 0 Å². The Balaban J connectivity index is 1.47. The zero-order chi connectivity index (χ0) is 17.6. The summed E-state index contributed by atoms with van der Waals surface area (Å²) in [4.78, 5) is 37.4. The molecule has 7 heteroatoms. The van der Waals surface area contributed by atoms with E-state index < -0.39 is 0 Å². The van der Waals surface area contributed by atoms with Crippen LogP contribution in [0.15, 0.2) is 23.6 Å². The van der Waals surface area contributed by atoms with Crippen molar-refractivity contribution in [1.29, 1.82) is 0 Å². The first kappa shape index (κ1) is 18.2. The molecule has 3 rings (SSSR count). The Morgan fingerprint density at radius 2 is 1.64 bits per heavy atom. The molecule has 1 aromatic heterocycles. The molecule has 1 atom stereocenters. The fourth-order valence-electron chi connectivity index (χ4n) is 3.57. The van der Waals surface area contributed by atoms with Crippen molar-refractivity contribution in [2.24, 2.45) is 5.92 Å². The van der Waals surface area contributed by atoms with Gasteiger partial charge < -0.3 is 9.80 Å². The molecular weight excluding hydrogens is 336 g/mol. The molecule has 2 heterocycles. The molecule has 2 amide bonds. The molecule has 1 unspecified atom stereocenters. The Morgan fingerprint density at radius 1 is 1.04 bits per heavy atom. The predicted molar refractivity (Wildman–Crippen MR) is 97.1 cm³/mol. The van der Waals surface area contributed by atoms with E-state index in [1.807, 2.05) is 16.7 Å². The second kappa shape index (κ2) is 8.65. The van der Waals surface area contributed by atoms with E-state index >= 15 is 0 Å². The summed E-state index contributed by atoms with van der Waals surface area (Å²) in [5.74, 6) is 0.606. The molecule has 1 aliphatic carbocycles. The van der Waals surface area contributed by atoms with Crippen LogP contribution in [0.1, 0.15) is 39.0 Å². The van der Waals surface area contributed by atoms with E-state index in [9.17, 15) is 9.59 Å². The Bertz CT molecular complexity index is 584. The number of hydrogen-bond donors (Lipinski definition) is 0. The number of piperazine rings is 1. The molecule has 0 bridgehead atoms. The summed E-state index contributed by atoms with van der Waals surface area (Å²) in [7, 11) is 0. The fraction of sp³-hybridized carbons (Fsp3) is 0.667. The summed E-state index contributed by atoms with van der Waals surface area (Å²) in [5.41, 5.74) is 0. The van der Waals surface area contributed by atoms with Gasteiger partial charge in [-0.3, -0.25) is 9.59 Å². The van der Waals surface area contributed by atoms with Crippen LogP contribution in [0, 0.1) is 5.92 Å². The molecule has 0 N–H and O–H groups in total. The normalized spacial score (nSPS) is 20.4. The summed E-state index contributed by atoms with van der Waals surface area (Å²) >= 11 is 1.38. The van der Waals surface area contributed by atoms with Crippen LogP contribution in [-0.2, 0) is 9.59 Å². The van der Waals surface area contributed by atoms with Gasteiger partial charge in [-0.25, -0.2) is 9.97 Å². The van der Waals surface area contributed by atoms with Gasteiger partial charge >= 0.3 is 0 Å². The second-order valence-corrected chi connectivity index (χ2v) is 8.08. The molecule has 1 aliphatic heterocycles. The number of aromatic nitrogens is 2. The summed E-state index contributed by atoms with van der Waals surface area (Å²) in [6.45, 7) is 4.44. The number of amides is 2. The zero-order valence-electron chi connectivity index (χ0n) is 14.8. The molecule has 1 saturated heterocycles. The van der Waals surface area contributed by atoms with Crippen LogP contribution in [-0.4, -0.2) is 63.0 Å². The Hall–Kier alpha value is -1.63. The number of nitrogens with zero attached hydrogens (tertiary/aromatic N) is 4. The molecule has 2 fully saturated rings. The summed E-state index contributed by atoms with van der Waals surface area (Å²) in [6, 6.07) is 1.76. The van der Waals surface area contributed by atoms with Crippen molar-refractivity contribution in [2.75, 3.05) is 26.2 Å². The molecule has 0 aromatic carbocycles. The molecule has 6 nitrogen and oxygen atoms in total. The van der Waals surface area contributed by atoms with Gasteiger partial charge in [-0.15, -0.1) is 0 Å². The van der Waals surface area contributed by atoms with Gasteiger partial charge in [-0.2, -0.15) is 0 Å². The first-order valence-electron chi connectivity index (χ1n) is 9.16. The minimum absolute atomic E-state index is 0.0993. The van der Waals surface area contributed by atoms with Crippen LogP contribution in [0.5, 0.6) is 0 Å². The minimum atomic E-state index is -0.219. The first-order chi connectivity index (χ1) is 12.1. The van der Waals surface area contributed by atoms with Gasteiger partial charge in [-0.05, 0) is 25.8 Å². The van der Waals surface area contributed by atoms with Crippen LogP contribution in [0.25, 0.3) is 0 Å². The molecule has 25 heavy (non-hydrogen) atoms. The van der Waals surface area contributed by atoms with Crippen molar-refractivity contribution in [3.63, 3.8) is 0 Å². The molecule has 2 aliphatic rings. The maximum absolute atomic E-state index is 12.6. The predicted octanol–water partition coefficient (Wildman–Crippen LogP) is 2.21. The third kappa shape index (κ3) is 4.71. The number of carbonyl (C=O) groups excluding carboxylic acids is 2. The highest BCUT2D eigenvalue weighted by Gasteiger charge is 2.31. The maximum Gasteiger partial charge on any atom is 0.236 e. The van der Waals surface area contributed by atoms with Gasteiger partial charge in [-0.1, -0.05) is 31.0 Å². The van der Waals surface area contributed by atoms with Crippen LogP contribution < -0.4 is 0 Å². The lowest BCUT2D eigenvalue weighted by atomic mass is 9.88. The third-order valence-corrected chi connectivity index (χ3v) is 6.01. The zero-order valence-corrected chi connectivity index (χ0v) is 15.6. The summed E-state index contributed by atoms with van der Waals surface area (Å²) < 4.78 is 0. The van der Waals surface area contributed by atoms with Crippen molar-refractivity contribution in [2.45, 2.75) is 49.4 Å². The van der Waals surface area contributed by atoms with Gasteiger partial charge in [0.25, 0.3) is 0 Å². The van der Waals surface area contributed by atoms with E-state index in [0.717, 1.165) is 12.8 Å². The number of rotatable bonds is 4. The van der Waals surface area contributed by atoms with Crippen LogP contribution in [0.4, 0.5) is 0 Å². The van der Waals surface area contributed by atoms with Gasteiger partial charge in [0.15, 0.2) is 5.16 Å². The van der Waals surface area contributed by atoms with Gasteiger partial charge in [0.05, 0.1) is 5.25 Å². The number of hydrogen-bond acceptors (Lipinski definition) is 5. The Labute approximate surface area is 153 Å². The topological polar surface area (TPSA) is 66.4 Å². The van der Waals surface area contributed by atoms with E-state index in [2.05, 4.69) is 9.97 Å². The number of thioether (sulfide) groups is 1. The van der Waals surface area contributed by atoms with E-state index in [1.54, 1.807) is 18.5 Å². The summed E-state index contributed by atoms with van der Waals surface area (Å²) in [6.07, 6.45) is 9.03. The largest absolute Gasteiger partial charge is 0.339 e. The van der Waals surface area contributed by atoms with Gasteiger partial charge in [0.2, 0.25) is 11.8 Å². The van der Waals surface area contributed by atoms with E-state index in [-0.39, 0.29) is 17.1 Å². The van der Waals surface area contributed by atoms with Crippen molar-refractivity contribution >= 4 is 23.6 Å². The van der Waals surface area contributed by atoms with E-state index in [1.165, 1.54) is 31.0 Å². The third-order valence-electron chi connectivity index (χ3n) is 5.03. The highest BCUT2D eigenvalue weighted by atomic mass is 32.2. The summed E-state index contributed by atoms with van der Waals surface area (Å²) in [5, 5.41) is 0.400. The second-order valence-electron chi connectivity index (χ2n) is 6.78. The Morgan fingerprint density at radius 3 is 2.28 bits per heavy atom. The lowest BCUT2D eigenvalue weighted by molar-refractivity contribution is -0.142. The minimum Gasteiger partial charge on any atom is -0.339 e. The average molecular weight is 362 g/mol. The Kier molecular flexibility index (Phi) is 6.29. The van der Waals surface area contributed by atoms with Crippen molar-refractivity contribution in [3.8, 4) is 0 Å². The molecule has 1 aromatic rings. The molecule has 0 radical (unpaired) electrons. The lowest BCUT2D eigenvalue weighted by Gasteiger charge is -2.37. The highest BCUT2D eigenvalue weighted by molar-refractivity contribution is 8.00. The van der Waals surface area contributed by atoms with Crippen molar-refractivity contribution in [1.82, 2.24) is 19.8 Å². The maximum atomic E-state index is 12.6. The van der Waals surface area contributed by atoms with Crippen molar-refractivity contribution in [3.05, 3.63) is 18.5 Å². The quantitative estimate of drug-likeness (QED) is 0.607. The molecule has 1 saturated carbocycles. The first-order valence-corrected chi connectivity index (χ1v) is 10.0. The van der Waals surface area contributed by atoms with Gasteiger partial charge in [0, 0.05) is 44.5 Å². The molecular formula is C18H26N4O2S. The number of carbonyl (C=O) groups is 2.